The number of rotatable bonds is 4. The predicted octanol–water partition coefficient (Wildman–Crippen LogP) is 0.877. The van der Waals surface area contributed by atoms with Crippen LogP contribution in [0.25, 0.3) is 0 Å². The highest BCUT2D eigenvalue weighted by Crippen LogP contribution is 1.91. The van der Waals surface area contributed by atoms with Crippen LogP contribution in [0.15, 0.2) is 12.2 Å². The van der Waals surface area contributed by atoms with E-state index < -0.39 is 6.10 Å². The van der Waals surface area contributed by atoms with Crippen molar-refractivity contribution in [3.63, 3.8) is 0 Å². The Balaban J connectivity index is 3.32. The molecule has 0 saturated heterocycles. The maximum atomic E-state index is 10.6. The van der Waals surface area contributed by atoms with E-state index in [2.05, 4.69) is 0 Å². The summed E-state index contributed by atoms with van der Waals surface area (Å²) in [5.74, 6) is -0.354. The molecule has 0 aromatic carbocycles. The van der Waals surface area contributed by atoms with Crippen LogP contribution in [0.4, 0.5) is 0 Å². The molecule has 0 aliphatic rings. The Morgan fingerprint density at radius 3 is 2.82 bits per heavy atom. The lowest BCUT2D eigenvalue weighted by Gasteiger charge is -2.03. The highest BCUT2D eigenvalue weighted by Gasteiger charge is 1.98. The van der Waals surface area contributed by atoms with Crippen LogP contribution in [0, 0.1) is 0 Å². The van der Waals surface area contributed by atoms with Crippen LogP contribution in [0.3, 0.4) is 0 Å². The molecule has 1 N–H and O–H groups in total. The minimum absolute atomic E-state index is 0.279. The van der Waals surface area contributed by atoms with Crippen LogP contribution in [0.1, 0.15) is 20.3 Å². The third-order valence-corrected chi connectivity index (χ3v) is 1.08. The summed E-state index contributed by atoms with van der Waals surface area (Å²) in [6.45, 7) is 3.68. The molecule has 64 valence electrons. The molecule has 0 fully saturated rings. The van der Waals surface area contributed by atoms with Crippen LogP contribution >= 0.6 is 0 Å². The molecule has 0 heterocycles. The molecule has 0 amide bonds. The van der Waals surface area contributed by atoms with Crippen molar-refractivity contribution in [3.8, 4) is 0 Å². The number of carbonyl (C=O) groups is 1. The van der Waals surface area contributed by atoms with Gasteiger partial charge in [0.1, 0.15) is 0 Å². The van der Waals surface area contributed by atoms with Gasteiger partial charge in [0.15, 0.2) is 0 Å². The zero-order valence-electron chi connectivity index (χ0n) is 6.91. The maximum Gasteiger partial charge on any atom is 0.330 e. The monoisotopic (exact) mass is 158 g/mol. The number of aliphatic hydroxyl groups excluding tert-OH is 1. The summed E-state index contributed by atoms with van der Waals surface area (Å²) < 4.78 is 4.71. The number of allylic oxidation sites excluding steroid dienone is 1. The number of ether oxygens (including phenoxy) is 1. The van der Waals surface area contributed by atoms with Crippen molar-refractivity contribution in [3.05, 3.63) is 12.2 Å². The van der Waals surface area contributed by atoms with Crippen molar-refractivity contribution >= 4 is 5.97 Å². The van der Waals surface area contributed by atoms with E-state index in [1.54, 1.807) is 19.9 Å². The van der Waals surface area contributed by atoms with Crippen molar-refractivity contribution in [1.82, 2.24) is 0 Å². The Bertz CT molecular complexity index is 138. The molecule has 3 heteroatoms. The van der Waals surface area contributed by atoms with Gasteiger partial charge < -0.3 is 9.84 Å². The van der Waals surface area contributed by atoms with E-state index in [9.17, 15) is 4.79 Å². The van der Waals surface area contributed by atoms with Gasteiger partial charge in [-0.2, -0.15) is 0 Å². The topological polar surface area (TPSA) is 46.5 Å². The van der Waals surface area contributed by atoms with Crippen LogP contribution < -0.4 is 0 Å². The Kier molecular flexibility index (Phi) is 5.47. The largest absolute Gasteiger partial charge is 0.462 e. The maximum absolute atomic E-state index is 10.6. The Labute approximate surface area is 66.7 Å². The van der Waals surface area contributed by atoms with E-state index in [-0.39, 0.29) is 12.6 Å². The number of carbonyl (C=O) groups excluding carboxylic acids is 1. The van der Waals surface area contributed by atoms with Crippen molar-refractivity contribution in [2.24, 2.45) is 0 Å². The van der Waals surface area contributed by atoms with Crippen molar-refractivity contribution < 1.29 is 14.6 Å². The number of esters is 1. The quantitative estimate of drug-likeness (QED) is 0.488. The van der Waals surface area contributed by atoms with E-state index in [1.807, 2.05) is 0 Å². The number of hydrogen-bond acceptors (Lipinski definition) is 3. The van der Waals surface area contributed by atoms with Crippen LogP contribution in [0.5, 0.6) is 0 Å². The van der Waals surface area contributed by atoms with Gasteiger partial charge in [0, 0.05) is 12.5 Å². The lowest BCUT2D eigenvalue weighted by molar-refractivity contribution is -0.138. The van der Waals surface area contributed by atoms with Gasteiger partial charge in [0.25, 0.3) is 0 Å². The van der Waals surface area contributed by atoms with Gasteiger partial charge in [0.05, 0.1) is 12.7 Å². The SMILES string of the molecule is C/C=C\C(=O)OCCC(C)O. The first kappa shape index (κ1) is 10.2. The molecule has 0 rings (SSSR count). The summed E-state index contributed by atoms with van der Waals surface area (Å²) in [4.78, 5) is 10.6. The lowest BCUT2D eigenvalue weighted by Crippen LogP contribution is -2.08. The van der Waals surface area contributed by atoms with E-state index >= 15 is 0 Å². The molecule has 0 radical (unpaired) electrons. The van der Waals surface area contributed by atoms with Crippen LogP contribution in [-0.2, 0) is 9.53 Å². The first-order chi connectivity index (χ1) is 5.16. The Hall–Kier alpha value is -0.830. The van der Waals surface area contributed by atoms with Gasteiger partial charge in [-0.3, -0.25) is 0 Å². The van der Waals surface area contributed by atoms with Crippen molar-refractivity contribution in [2.45, 2.75) is 26.4 Å². The molecule has 0 bridgehead atoms. The van der Waals surface area contributed by atoms with Gasteiger partial charge >= 0.3 is 5.97 Å². The molecule has 0 saturated carbocycles. The van der Waals surface area contributed by atoms with Gasteiger partial charge in [-0.15, -0.1) is 0 Å². The minimum atomic E-state index is -0.409. The average molecular weight is 158 g/mol. The predicted molar refractivity (Wildman–Crippen MR) is 42.1 cm³/mol. The molecular weight excluding hydrogens is 144 g/mol. The second-order valence-corrected chi connectivity index (χ2v) is 2.31. The van der Waals surface area contributed by atoms with Gasteiger partial charge in [0.2, 0.25) is 0 Å². The Morgan fingerprint density at radius 2 is 2.36 bits per heavy atom. The Morgan fingerprint density at radius 1 is 1.73 bits per heavy atom. The normalized spacial score (nSPS) is 13.4. The molecule has 1 atom stereocenters. The van der Waals surface area contributed by atoms with E-state index in [0.717, 1.165) is 0 Å². The third-order valence-electron chi connectivity index (χ3n) is 1.08. The van der Waals surface area contributed by atoms with Crippen LogP contribution in [-0.4, -0.2) is 23.8 Å². The molecular formula is C8H14O3. The molecule has 0 aromatic rings. The summed E-state index contributed by atoms with van der Waals surface area (Å²) >= 11 is 0. The van der Waals surface area contributed by atoms with E-state index in [0.29, 0.717) is 6.42 Å². The van der Waals surface area contributed by atoms with Crippen molar-refractivity contribution in [1.29, 1.82) is 0 Å². The van der Waals surface area contributed by atoms with Crippen molar-refractivity contribution in [2.75, 3.05) is 6.61 Å². The second kappa shape index (κ2) is 5.92. The molecule has 0 spiro atoms. The molecule has 3 nitrogen and oxygen atoms in total. The molecule has 0 aliphatic carbocycles. The smallest absolute Gasteiger partial charge is 0.330 e. The fraction of sp³-hybridized carbons (Fsp3) is 0.625. The lowest BCUT2D eigenvalue weighted by atomic mass is 10.3. The minimum Gasteiger partial charge on any atom is -0.462 e. The highest BCUT2D eigenvalue weighted by molar-refractivity contribution is 5.81. The average Bonchev–Trinajstić information content (AvgIpc) is 1.87. The fourth-order valence-electron chi connectivity index (χ4n) is 0.514. The third kappa shape index (κ3) is 7.06. The summed E-state index contributed by atoms with van der Waals surface area (Å²) in [5.41, 5.74) is 0. The molecule has 11 heavy (non-hydrogen) atoms. The zero-order chi connectivity index (χ0) is 8.69. The second-order valence-electron chi connectivity index (χ2n) is 2.31. The van der Waals surface area contributed by atoms with Gasteiger partial charge in [-0.1, -0.05) is 6.08 Å². The zero-order valence-corrected chi connectivity index (χ0v) is 6.91. The summed E-state index contributed by atoms with van der Waals surface area (Å²) in [6, 6.07) is 0. The first-order valence-electron chi connectivity index (χ1n) is 3.64. The summed E-state index contributed by atoms with van der Waals surface area (Å²) in [7, 11) is 0. The standard InChI is InChI=1S/C8H14O3/c1-3-4-8(10)11-6-5-7(2)9/h3-4,7,9H,5-6H2,1-2H3/b4-3-. The number of hydrogen-bond donors (Lipinski definition) is 1. The van der Waals surface area contributed by atoms with E-state index in [4.69, 9.17) is 9.84 Å². The first-order valence-corrected chi connectivity index (χ1v) is 3.64. The molecule has 0 aromatic heterocycles. The van der Waals surface area contributed by atoms with E-state index in [1.165, 1.54) is 6.08 Å². The summed E-state index contributed by atoms with van der Waals surface area (Å²) in [6.07, 6.45) is 3.05. The highest BCUT2D eigenvalue weighted by atomic mass is 16.5. The van der Waals surface area contributed by atoms with Crippen LogP contribution in [0.2, 0.25) is 0 Å². The van der Waals surface area contributed by atoms with Gasteiger partial charge in [-0.25, -0.2) is 4.79 Å². The fourth-order valence-corrected chi connectivity index (χ4v) is 0.514. The van der Waals surface area contributed by atoms with Gasteiger partial charge in [-0.05, 0) is 13.8 Å². The molecule has 1 unspecified atom stereocenters. The number of aliphatic hydroxyl groups is 1. The molecule has 0 aliphatic heterocycles. The summed E-state index contributed by atoms with van der Waals surface area (Å²) in [5, 5.41) is 8.79.